The topological polar surface area (TPSA) is 54.0 Å². The average Bonchev–Trinajstić information content (AvgIpc) is 2.81. The van der Waals surface area contributed by atoms with Crippen molar-refractivity contribution in [2.75, 3.05) is 34.4 Å². The summed E-state index contributed by atoms with van der Waals surface area (Å²) in [5.41, 5.74) is 4.11. The normalized spacial score (nSPS) is 18.2. The molecular formula is C26H32ClN3O3. The third-order valence-corrected chi connectivity index (χ3v) is 5.82. The quantitative estimate of drug-likeness (QED) is 0.624. The third-order valence-electron chi connectivity index (χ3n) is 5.58. The fraction of sp³-hybridized carbons (Fsp3) is 0.346. The molecule has 1 N–H and O–H groups in total. The van der Waals surface area contributed by atoms with E-state index in [1.807, 2.05) is 54.7 Å². The Labute approximate surface area is 201 Å². The van der Waals surface area contributed by atoms with Crippen LogP contribution >= 0.6 is 11.6 Å². The van der Waals surface area contributed by atoms with Crippen LogP contribution < -0.4 is 5.32 Å². The van der Waals surface area contributed by atoms with E-state index in [1.165, 1.54) is 5.56 Å². The first-order chi connectivity index (χ1) is 16.0. The lowest BCUT2D eigenvalue weighted by Gasteiger charge is -2.43. The Morgan fingerprint density at radius 2 is 1.97 bits per heavy atom. The molecule has 33 heavy (non-hydrogen) atoms. The number of methoxy groups -OCH3 is 1. The predicted molar refractivity (Wildman–Crippen MR) is 132 cm³/mol. The maximum Gasteiger partial charge on any atom is 0.150 e. The molecular weight excluding hydrogens is 438 g/mol. The maximum atomic E-state index is 10.9. The molecule has 6 nitrogen and oxygen atoms in total. The van der Waals surface area contributed by atoms with Crippen LogP contribution in [0, 0.1) is 0 Å². The lowest BCUT2D eigenvalue weighted by atomic mass is 10.0. The molecule has 2 heterocycles. The van der Waals surface area contributed by atoms with Gasteiger partial charge in [-0.2, -0.15) is 0 Å². The van der Waals surface area contributed by atoms with Gasteiger partial charge in [-0.15, -0.1) is 0 Å². The van der Waals surface area contributed by atoms with Crippen molar-refractivity contribution in [2.45, 2.75) is 25.7 Å². The van der Waals surface area contributed by atoms with Gasteiger partial charge in [-0.25, -0.2) is 0 Å². The average molecular weight is 470 g/mol. The molecule has 2 aromatic rings. The molecule has 0 bridgehead atoms. The Morgan fingerprint density at radius 1 is 1.24 bits per heavy atom. The summed E-state index contributed by atoms with van der Waals surface area (Å²) in [5.74, 6) is 0.905. The molecule has 0 saturated heterocycles. The number of hydrogen-bond donors (Lipinski definition) is 1. The molecule has 2 aliphatic rings. The minimum atomic E-state index is -0.0368. The van der Waals surface area contributed by atoms with E-state index in [2.05, 4.69) is 39.9 Å². The van der Waals surface area contributed by atoms with Gasteiger partial charge in [-0.1, -0.05) is 48.0 Å². The van der Waals surface area contributed by atoms with Crippen molar-refractivity contribution in [1.29, 1.82) is 0 Å². The summed E-state index contributed by atoms with van der Waals surface area (Å²) in [7, 11) is 5.31. The molecule has 0 radical (unpaired) electrons. The van der Waals surface area contributed by atoms with E-state index in [0.29, 0.717) is 12.2 Å². The minimum absolute atomic E-state index is 0.0368. The monoisotopic (exact) mass is 469 g/mol. The second kappa shape index (κ2) is 11.9. The van der Waals surface area contributed by atoms with E-state index in [-0.39, 0.29) is 12.2 Å². The number of rotatable bonds is 6. The fourth-order valence-corrected chi connectivity index (χ4v) is 4.15. The summed E-state index contributed by atoms with van der Waals surface area (Å²) in [5, 5.41) is 4.48. The highest BCUT2D eigenvalue weighted by Gasteiger charge is 2.33. The Morgan fingerprint density at radius 3 is 2.64 bits per heavy atom. The number of nitrogens with one attached hydrogen (secondary N) is 1. The highest BCUT2D eigenvalue weighted by Crippen LogP contribution is 2.30. The van der Waals surface area contributed by atoms with E-state index < -0.39 is 0 Å². The Kier molecular flexibility index (Phi) is 8.95. The number of aldehydes is 1. The molecule has 0 spiro atoms. The second-order valence-electron chi connectivity index (χ2n) is 8.11. The zero-order valence-corrected chi connectivity index (χ0v) is 20.4. The Balaban J connectivity index is 0.000000968. The molecule has 0 aromatic heterocycles. The molecule has 4 rings (SSSR count). The first-order valence-electron chi connectivity index (χ1n) is 10.9. The predicted octanol–water partition coefficient (Wildman–Crippen LogP) is 4.59. The zero-order valence-electron chi connectivity index (χ0n) is 19.6. The molecule has 2 aliphatic heterocycles. The van der Waals surface area contributed by atoms with Crippen LogP contribution in [0.2, 0.25) is 5.02 Å². The SMILES string of the molecule is COC.C[C@H](NC1C2=C(C=CN1C)OCCN2Cc1cccc(Cl)c1)c1ccc(C=O)cc1. The molecule has 0 aliphatic carbocycles. The van der Waals surface area contributed by atoms with Crippen molar-refractivity contribution in [3.8, 4) is 0 Å². The van der Waals surface area contributed by atoms with E-state index in [4.69, 9.17) is 16.3 Å². The van der Waals surface area contributed by atoms with Gasteiger partial charge in [0.15, 0.2) is 0 Å². The second-order valence-corrected chi connectivity index (χ2v) is 8.55. The number of allylic oxidation sites excluding steroid dienone is 1. The molecule has 2 aromatic carbocycles. The van der Waals surface area contributed by atoms with Gasteiger partial charge < -0.3 is 19.3 Å². The largest absolute Gasteiger partial charge is 0.490 e. The number of hydrogen-bond acceptors (Lipinski definition) is 6. The summed E-state index contributed by atoms with van der Waals surface area (Å²) in [6.07, 6.45) is 4.90. The van der Waals surface area contributed by atoms with Gasteiger partial charge in [-0.05, 0) is 36.3 Å². The highest BCUT2D eigenvalue weighted by atomic mass is 35.5. The molecule has 0 amide bonds. The minimum Gasteiger partial charge on any atom is -0.490 e. The van der Waals surface area contributed by atoms with Crippen molar-refractivity contribution in [1.82, 2.24) is 15.1 Å². The zero-order chi connectivity index (χ0) is 23.8. The van der Waals surface area contributed by atoms with Crippen molar-refractivity contribution in [3.05, 3.63) is 94.0 Å². The smallest absolute Gasteiger partial charge is 0.150 e. The van der Waals surface area contributed by atoms with Gasteiger partial charge in [0.05, 0.1) is 12.2 Å². The number of ether oxygens (including phenoxy) is 2. The van der Waals surface area contributed by atoms with Gasteiger partial charge in [-0.3, -0.25) is 10.1 Å². The van der Waals surface area contributed by atoms with Crippen molar-refractivity contribution < 1.29 is 14.3 Å². The molecule has 0 saturated carbocycles. The van der Waals surface area contributed by atoms with Crippen LogP contribution in [-0.4, -0.2) is 56.7 Å². The summed E-state index contributed by atoms with van der Waals surface area (Å²) in [4.78, 5) is 15.5. The first kappa shape index (κ1) is 24.8. The summed E-state index contributed by atoms with van der Waals surface area (Å²) in [6, 6.07) is 15.8. The Bertz CT molecular complexity index is 991. The third kappa shape index (κ3) is 6.38. The Hall–Kier alpha value is -2.80. The van der Waals surface area contributed by atoms with Gasteiger partial charge in [0.25, 0.3) is 0 Å². The molecule has 2 atom stereocenters. The van der Waals surface area contributed by atoms with Crippen molar-refractivity contribution >= 4 is 17.9 Å². The van der Waals surface area contributed by atoms with Gasteiger partial charge in [0.2, 0.25) is 0 Å². The molecule has 1 unspecified atom stereocenters. The maximum absolute atomic E-state index is 10.9. The van der Waals surface area contributed by atoms with Crippen LogP contribution in [0.25, 0.3) is 0 Å². The number of benzene rings is 2. The van der Waals surface area contributed by atoms with E-state index in [0.717, 1.165) is 41.4 Å². The van der Waals surface area contributed by atoms with E-state index in [1.54, 1.807) is 14.2 Å². The van der Waals surface area contributed by atoms with E-state index >= 15 is 0 Å². The van der Waals surface area contributed by atoms with Crippen LogP contribution in [0.15, 0.2) is 72.3 Å². The number of carbonyl (C=O) groups excluding carboxylic acids is 1. The van der Waals surface area contributed by atoms with Crippen LogP contribution in [-0.2, 0) is 16.0 Å². The summed E-state index contributed by atoms with van der Waals surface area (Å²) in [6.45, 7) is 4.37. The lowest BCUT2D eigenvalue weighted by Crippen LogP contribution is -2.51. The lowest BCUT2D eigenvalue weighted by molar-refractivity contribution is 0.0972. The van der Waals surface area contributed by atoms with Crippen molar-refractivity contribution in [2.24, 2.45) is 0 Å². The molecule has 176 valence electrons. The number of likely N-dealkylation sites (N-methyl/N-ethyl adjacent to an activating group) is 1. The van der Waals surface area contributed by atoms with Crippen LogP contribution in [0.4, 0.5) is 0 Å². The fourth-order valence-electron chi connectivity index (χ4n) is 3.93. The summed E-state index contributed by atoms with van der Waals surface area (Å²) < 4.78 is 10.2. The number of nitrogens with zero attached hydrogens (tertiary/aromatic N) is 2. The number of halogens is 1. The van der Waals surface area contributed by atoms with Crippen molar-refractivity contribution in [3.63, 3.8) is 0 Å². The van der Waals surface area contributed by atoms with Crippen LogP contribution in [0.5, 0.6) is 0 Å². The highest BCUT2D eigenvalue weighted by molar-refractivity contribution is 6.30. The van der Waals surface area contributed by atoms with Crippen LogP contribution in [0.1, 0.15) is 34.5 Å². The van der Waals surface area contributed by atoms with Gasteiger partial charge in [0, 0.05) is 50.6 Å². The van der Waals surface area contributed by atoms with Gasteiger partial charge >= 0.3 is 0 Å². The van der Waals surface area contributed by atoms with E-state index in [9.17, 15) is 4.79 Å². The molecule has 0 fully saturated rings. The summed E-state index contributed by atoms with van der Waals surface area (Å²) >= 11 is 6.20. The van der Waals surface area contributed by atoms with Gasteiger partial charge in [0.1, 0.15) is 24.8 Å². The van der Waals surface area contributed by atoms with Crippen LogP contribution in [0.3, 0.4) is 0 Å². The standard InChI is InChI=1S/C24H26ClN3O2.C2H6O/c1-17(20-8-6-18(16-29)7-9-20)26-24-23-22(10-11-27(24)2)30-13-12-28(23)15-19-4-3-5-21(25)14-19;1-3-2/h3-11,14,16-17,24,26H,12-13,15H2,1-2H3;1-2H3/t17-,24?;/m0./s1. The molecule has 7 heteroatoms. The first-order valence-corrected chi connectivity index (χ1v) is 11.3. The number of carbonyl (C=O) groups is 1.